The first-order valence-electron chi connectivity index (χ1n) is 4.95. The molecule has 0 heterocycles. The van der Waals surface area contributed by atoms with Gasteiger partial charge < -0.3 is 14.8 Å². The topological polar surface area (TPSA) is 30.5 Å². The van der Waals surface area contributed by atoms with Crippen molar-refractivity contribution in [1.82, 2.24) is 5.32 Å². The third-order valence-corrected chi connectivity index (χ3v) is 2.00. The molecule has 0 aromatic heterocycles. The van der Waals surface area contributed by atoms with Crippen LogP contribution in [0, 0.1) is 5.92 Å². The Morgan fingerprint density at radius 2 is 1.77 bits per heavy atom. The van der Waals surface area contributed by atoms with Crippen molar-refractivity contribution < 1.29 is 9.47 Å². The molecule has 0 rings (SSSR count). The maximum atomic E-state index is 5.13. The Labute approximate surface area is 81.8 Å². The fourth-order valence-electron chi connectivity index (χ4n) is 1.54. The summed E-state index contributed by atoms with van der Waals surface area (Å²) in [7, 11) is 3.49. The smallest absolute Gasteiger partial charge is 0.0615 e. The van der Waals surface area contributed by atoms with Crippen molar-refractivity contribution in [2.45, 2.75) is 26.3 Å². The molecule has 0 aromatic carbocycles. The lowest BCUT2D eigenvalue weighted by Crippen LogP contribution is -2.35. The lowest BCUT2D eigenvalue weighted by atomic mass is 10.0. The molecule has 2 atom stereocenters. The third kappa shape index (κ3) is 6.99. The van der Waals surface area contributed by atoms with E-state index in [4.69, 9.17) is 9.47 Å². The van der Waals surface area contributed by atoms with Gasteiger partial charge in [-0.25, -0.2) is 0 Å². The molecular formula is C10H23NO2. The van der Waals surface area contributed by atoms with Crippen LogP contribution in [0.5, 0.6) is 0 Å². The summed E-state index contributed by atoms with van der Waals surface area (Å²) >= 11 is 0. The zero-order valence-corrected chi connectivity index (χ0v) is 9.30. The molecule has 3 nitrogen and oxygen atoms in total. The molecule has 0 spiro atoms. The van der Waals surface area contributed by atoms with Gasteiger partial charge in [0.2, 0.25) is 0 Å². The zero-order valence-electron chi connectivity index (χ0n) is 9.30. The molecule has 0 saturated carbocycles. The highest BCUT2D eigenvalue weighted by molar-refractivity contribution is 4.68. The van der Waals surface area contributed by atoms with Crippen LogP contribution in [0.2, 0.25) is 0 Å². The SMILES string of the molecule is CCNC(COC)CC(C)COC. The molecule has 0 bridgehead atoms. The highest BCUT2D eigenvalue weighted by atomic mass is 16.5. The van der Waals surface area contributed by atoms with Gasteiger partial charge in [-0.05, 0) is 18.9 Å². The average Bonchev–Trinajstić information content (AvgIpc) is 2.05. The van der Waals surface area contributed by atoms with E-state index in [2.05, 4.69) is 19.2 Å². The van der Waals surface area contributed by atoms with Crippen LogP contribution in [0.1, 0.15) is 20.3 Å². The summed E-state index contributed by atoms with van der Waals surface area (Å²) in [6.07, 6.45) is 1.11. The first kappa shape index (κ1) is 12.9. The molecule has 1 N–H and O–H groups in total. The van der Waals surface area contributed by atoms with Crippen molar-refractivity contribution in [3.8, 4) is 0 Å². The van der Waals surface area contributed by atoms with Gasteiger partial charge in [0, 0.05) is 26.9 Å². The van der Waals surface area contributed by atoms with Gasteiger partial charge in [0.15, 0.2) is 0 Å². The van der Waals surface area contributed by atoms with Crippen LogP contribution in [-0.2, 0) is 9.47 Å². The molecule has 0 aliphatic carbocycles. The van der Waals surface area contributed by atoms with Crippen molar-refractivity contribution in [2.24, 2.45) is 5.92 Å². The molecular weight excluding hydrogens is 166 g/mol. The van der Waals surface area contributed by atoms with Crippen molar-refractivity contribution in [2.75, 3.05) is 34.0 Å². The summed E-state index contributed by atoms with van der Waals surface area (Å²) in [5.74, 6) is 0.587. The highest BCUT2D eigenvalue weighted by Gasteiger charge is 2.11. The number of hydrogen-bond acceptors (Lipinski definition) is 3. The molecule has 0 aliphatic rings. The highest BCUT2D eigenvalue weighted by Crippen LogP contribution is 2.06. The number of ether oxygens (including phenoxy) is 2. The second-order valence-electron chi connectivity index (χ2n) is 3.51. The van der Waals surface area contributed by atoms with E-state index >= 15 is 0 Å². The Hall–Kier alpha value is -0.120. The Morgan fingerprint density at radius 3 is 2.23 bits per heavy atom. The minimum absolute atomic E-state index is 0.458. The predicted molar refractivity (Wildman–Crippen MR) is 55.0 cm³/mol. The lowest BCUT2D eigenvalue weighted by Gasteiger charge is -2.20. The fourth-order valence-corrected chi connectivity index (χ4v) is 1.54. The Bertz CT molecular complexity index is 103. The van der Waals surface area contributed by atoms with Crippen LogP contribution in [0.15, 0.2) is 0 Å². The summed E-state index contributed by atoms with van der Waals surface area (Å²) in [6.45, 7) is 6.91. The summed E-state index contributed by atoms with van der Waals surface area (Å²) < 4.78 is 10.2. The maximum absolute atomic E-state index is 5.13. The maximum Gasteiger partial charge on any atom is 0.0615 e. The molecule has 0 amide bonds. The number of rotatable bonds is 8. The fraction of sp³-hybridized carbons (Fsp3) is 1.00. The van der Waals surface area contributed by atoms with Crippen LogP contribution in [0.25, 0.3) is 0 Å². The van der Waals surface area contributed by atoms with Gasteiger partial charge in [0.1, 0.15) is 0 Å². The summed E-state index contributed by atoms with van der Waals surface area (Å²) in [5.41, 5.74) is 0. The minimum atomic E-state index is 0.458. The first-order valence-corrected chi connectivity index (χ1v) is 4.95. The van der Waals surface area contributed by atoms with E-state index in [1.807, 2.05) is 0 Å². The van der Waals surface area contributed by atoms with Crippen LogP contribution in [-0.4, -0.2) is 40.0 Å². The van der Waals surface area contributed by atoms with Crippen molar-refractivity contribution in [1.29, 1.82) is 0 Å². The van der Waals surface area contributed by atoms with E-state index in [0.717, 1.165) is 26.2 Å². The molecule has 0 aliphatic heterocycles. The molecule has 2 unspecified atom stereocenters. The van der Waals surface area contributed by atoms with Gasteiger partial charge in [-0.1, -0.05) is 13.8 Å². The largest absolute Gasteiger partial charge is 0.384 e. The summed E-state index contributed by atoms with van der Waals surface area (Å²) in [4.78, 5) is 0. The van der Waals surface area contributed by atoms with Crippen LogP contribution in [0.4, 0.5) is 0 Å². The van der Waals surface area contributed by atoms with E-state index in [1.165, 1.54) is 0 Å². The number of hydrogen-bond donors (Lipinski definition) is 1. The second-order valence-corrected chi connectivity index (χ2v) is 3.51. The van der Waals surface area contributed by atoms with Crippen LogP contribution >= 0.6 is 0 Å². The van der Waals surface area contributed by atoms with E-state index < -0.39 is 0 Å². The van der Waals surface area contributed by atoms with Gasteiger partial charge in [-0.3, -0.25) is 0 Å². The number of likely N-dealkylation sites (N-methyl/N-ethyl adjacent to an activating group) is 1. The molecule has 0 radical (unpaired) electrons. The average molecular weight is 189 g/mol. The summed E-state index contributed by atoms with van der Waals surface area (Å²) in [5, 5.41) is 3.39. The zero-order chi connectivity index (χ0) is 10.1. The Kier molecular flexibility index (Phi) is 8.40. The van der Waals surface area contributed by atoms with Gasteiger partial charge in [0.25, 0.3) is 0 Å². The standard InChI is InChI=1S/C10H23NO2/c1-5-11-10(8-13-4)6-9(2)7-12-3/h9-11H,5-8H2,1-4H3. The number of methoxy groups -OCH3 is 2. The predicted octanol–water partition coefficient (Wildman–Crippen LogP) is 1.28. The van der Waals surface area contributed by atoms with E-state index in [-0.39, 0.29) is 0 Å². The number of nitrogens with one attached hydrogen (secondary N) is 1. The normalized spacial score (nSPS) is 15.7. The summed E-state index contributed by atoms with van der Waals surface area (Å²) in [6, 6.07) is 0.458. The Balaban J connectivity index is 3.64. The molecule has 0 aromatic rings. The molecule has 80 valence electrons. The van der Waals surface area contributed by atoms with Crippen molar-refractivity contribution >= 4 is 0 Å². The van der Waals surface area contributed by atoms with Gasteiger partial charge >= 0.3 is 0 Å². The van der Waals surface area contributed by atoms with Gasteiger partial charge in [-0.15, -0.1) is 0 Å². The molecule has 0 saturated heterocycles. The van der Waals surface area contributed by atoms with Gasteiger partial charge in [0.05, 0.1) is 6.61 Å². The van der Waals surface area contributed by atoms with Crippen LogP contribution in [0.3, 0.4) is 0 Å². The first-order chi connectivity index (χ1) is 6.24. The molecule has 0 fully saturated rings. The lowest BCUT2D eigenvalue weighted by molar-refractivity contribution is 0.123. The van der Waals surface area contributed by atoms with E-state index in [1.54, 1.807) is 14.2 Å². The third-order valence-electron chi connectivity index (χ3n) is 2.00. The minimum Gasteiger partial charge on any atom is -0.384 e. The quantitative estimate of drug-likeness (QED) is 0.624. The van der Waals surface area contributed by atoms with E-state index in [0.29, 0.717) is 12.0 Å². The van der Waals surface area contributed by atoms with Crippen LogP contribution < -0.4 is 5.32 Å². The van der Waals surface area contributed by atoms with Crippen molar-refractivity contribution in [3.63, 3.8) is 0 Å². The van der Waals surface area contributed by atoms with Gasteiger partial charge in [-0.2, -0.15) is 0 Å². The second kappa shape index (κ2) is 8.48. The Morgan fingerprint density at radius 1 is 1.15 bits per heavy atom. The van der Waals surface area contributed by atoms with E-state index in [9.17, 15) is 0 Å². The molecule has 3 heteroatoms. The monoisotopic (exact) mass is 189 g/mol. The molecule has 13 heavy (non-hydrogen) atoms. The van der Waals surface area contributed by atoms with Crippen molar-refractivity contribution in [3.05, 3.63) is 0 Å².